The van der Waals surface area contributed by atoms with Crippen LogP contribution in [0.5, 0.6) is 0 Å². The van der Waals surface area contributed by atoms with Gasteiger partial charge in [-0.25, -0.2) is 9.59 Å². The van der Waals surface area contributed by atoms with Crippen LogP contribution in [0.25, 0.3) is 0 Å². The van der Waals surface area contributed by atoms with Crippen molar-refractivity contribution in [3.63, 3.8) is 0 Å². The molecule has 0 spiro atoms. The first-order valence-electron chi connectivity index (χ1n) is 12.3. The summed E-state index contributed by atoms with van der Waals surface area (Å²) in [5.41, 5.74) is 0.754. The van der Waals surface area contributed by atoms with Gasteiger partial charge in [-0.05, 0) is 47.5 Å². The van der Waals surface area contributed by atoms with Crippen LogP contribution in [0.15, 0.2) is 109 Å². The van der Waals surface area contributed by atoms with Gasteiger partial charge >= 0.3 is 18.2 Å². The number of non-ortho nitro benzene ring substituents is 1. The number of nitro benzene ring substituents is 1. The number of nitrogens with one attached hydrogen (secondary N) is 4. The number of halogens is 3. The maximum Gasteiger partial charge on any atom is 0.416 e. The normalized spacial score (nSPS) is 12.5. The van der Waals surface area contributed by atoms with Crippen molar-refractivity contribution in [3.8, 4) is 0 Å². The molecule has 12 heteroatoms. The number of carbonyl (C=O) groups is 2. The van der Waals surface area contributed by atoms with Crippen LogP contribution in [0.4, 0.5) is 39.8 Å². The summed E-state index contributed by atoms with van der Waals surface area (Å²) in [7, 11) is 0. The molecule has 0 aliphatic carbocycles. The number of hydrogen-bond donors (Lipinski definition) is 4. The second-order valence-corrected chi connectivity index (χ2v) is 8.85. The molecule has 9 nitrogen and oxygen atoms in total. The van der Waals surface area contributed by atoms with Gasteiger partial charge in [-0.15, -0.1) is 0 Å². The second kappa shape index (κ2) is 12.6. The highest BCUT2D eigenvalue weighted by Gasteiger charge is 2.31. The molecule has 4 aromatic rings. The van der Waals surface area contributed by atoms with Crippen molar-refractivity contribution in [1.29, 1.82) is 0 Å². The van der Waals surface area contributed by atoms with Crippen LogP contribution in [0.1, 0.15) is 28.8 Å². The van der Waals surface area contributed by atoms with Crippen LogP contribution in [0, 0.1) is 10.1 Å². The monoisotopic (exact) mass is 563 g/mol. The van der Waals surface area contributed by atoms with E-state index in [1.165, 1.54) is 24.3 Å². The van der Waals surface area contributed by atoms with Gasteiger partial charge in [-0.2, -0.15) is 13.2 Å². The smallest absolute Gasteiger partial charge is 0.329 e. The third-order valence-electron chi connectivity index (χ3n) is 6.03. The van der Waals surface area contributed by atoms with Crippen LogP contribution in [0.2, 0.25) is 0 Å². The molecule has 0 bridgehead atoms. The molecule has 41 heavy (non-hydrogen) atoms. The molecule has 0 unspecified atom stereocenters. The molecule has 0 aliphatic rings. The topological polar surface area (TPSA) is 125 Å². The maximum atomic E-state index is 13.1. The minimum Gasteiger partial charge on any atom is -0.329 e. The summed E-state index contributed by atoms with van der Waals surface area (Å²) in [6.07, 6.45) is -4.51. The third kappa shape index (κ3) is 7.82. The molecule has 4 amide bonds. The van der Waals surface area contributed by atoms with Crippen LogP contribution in [-0.2, 0) is 6.18 Å². The minimum absolute atomic E-state index is 0.134. The fourth-order valence-electron chi connectivity index (χ4n) is 4.06. The number of rotatable bonds is 8. The van der Waals surface area contributed by atoms with E-state index < -0.39 is 40.8 Å². The Morgan fingerprint density at radius 3 is 1.39 bits per heavy atom. The van der Waals surface area contributed by atoms with E-state index in [0.717, 1.165) is 24.3 Å². The first-order chi connectivity index (χ1) is 19.6. The Morgan fingerprint density at radius 1 is 0.634 bits per heavy atom. The van der Waals surface area contributed by atoms with Gasteiger partial charge in [0.2, 0.25) is 0 Å². The van der Waals surface area contributed by atoms with Crippen molar-refractivity contribution in [2.75, 3.05) is 10.6 Å². The van der Waals surface area contributed by atoms with Crippen molar-refractivity contribution in [1.82, 2.24) is 10.6 Å². The van der Waals surface area contributed by atoms with Crippen LogP contribution in [0.3, 0.4) is 0 Å². The Bertz CT molecular complexity index is 1480. The van der Waals surface area contributed by atoms with E-state index in [4.69, 9.17) is 0 Å². The van der Waals surface area contributed by atoms with Gasteiger partial charge in [0.25, 0.3) is 5.69 Å². The molecule has 4 N–H and O–H groups in total. The number of nitro groups is 1. The number of alkyl halides is 3. The maximum absolute atomic E-state index is 13.1. The number of amides is 4. The van der Waals surface area contributed by atoms with Crippen LogP contribution in [-0.4, -0.2) is 17.0 Å². The van der Waals surface area contributed by atoms with Crippen molar-refractivity contribution in [2.45, 2.75) is 18.3 Å². The second-order valence-electron chi connectivity index (χ2n) is 8.85. The van der Waals surface area contributed by atoms with Crippen molar-refractivity contribution in [2.24, 2.45) is 0 Å². The van der Waals surface area contributed by atoms with E-state index in [1.807, 2.05) is 0 Å². The molecular formula is C29H24F3N5O4. The quantitative estimate of drug-likeness (QED) is 0.136. The predicted octanol–water partition coefficient (Wildman–Crippen LogP) is 7.04. The Labute approximate surface area is 232 Å². The third-order valence-corrected chi connectivity index (χ3v) is 6.03. The zero-order chi connectivity index (χ0) is 29.4. The Kier molecular flexibility index (Phi) is 8.82. The molecule has 0 radical (unpaired) electrons. The van der Waals surface area contributed by atoms with Gasteiger partial charge in [0.1, 0.15) is 0 Å². The van der Waals surface area contributed by atoms with Gasteiger partial charge < -0.3 is 21.3 Å². The number of nitrogens with zero attached hydrogens (tertiary/aromatic N) is 1. The summed E-state index contributed by atoms with van der Waals surface area (Å²) in [4.78, 5) is 36.5. The Hall–Kier alpha value is -5.39. The lowest BCUT2D eigenvalue weighted by molar-refractivity contribution is -0.384. The number of carbonyl (C=O) groups excluding carboxylic acids is 2. The molecule has 0 aromatic heterocycles. The number of urea groups is 2. The Balaban J connectivity index is 1.58. The largest absolute Gasteiger partial charge is 0.416 e. The summed E-state index contributed by atoms with van der Waals surface area (Å²) in [6.45, 7) is 0. The zero-order valence-electron chi connectivity index (χ0n) is 21.3. The predicted molar refractivity (Wildman–Crippen MR) is 147 cm³/mol. The first kappa shape index (κ1) is 28.6. The molecule has 0 fully saturated rings. The fourth-order valence-corrected chi connectivity index (χ4v) is 4.06. The summed E-state index contributed by atoms with van der Waals surface area (Å²) in [5, 5.41) is 21.8. The lowest BCUT2D eigenvalue weighted by Gasteiger charge is -2.30. The molecule has 0 saturated heterocycles. The van der Waals surface area contributed by atoms with Gasteiger partial charge in [0.05, 0.1) is 22.6 Å². The molecule has 0 saturated carbocycles. The lowest BCUT2D eigenvalue weighted by Crippen LogP contribution is -2.43. The molecule has 4 aromatic carbocycles. The molecule has 0 heterocycles. The highest BCUT2D eigenvalue weighted by Crippen LogP contribution is 2.31. The van der Waals surface area contributed by atoms with Gasteiger partial charge in [0.15, 0.2) is 0 Å². The first-order valence-corrected chi connectivity index (χ1v) is 12.3. The van der Waals surface area contributed by atoms with Gasteiger partial charge in [0, 0.05) is 23.5 Å². The SMILES string of the molecule is O=C(Nc1ccc([N+](=O)[O-])cc1)N[C@H](c1ccccc1)[C@H](NC(=O)Nc1ccc(C(F)(F)F)cc1)c1ccccc1. The number of anilines is 2. The van der Waals surface area contributed by atoms with Gasteiger partial charge in [-0.1, -0.05) is 60.7 Å². The van der Waals surface area contributed by atoms with Crippen molar-refractivity contribution in [3.05, 3.63) is 136 Å². The minimum atomic E-state index is -4.51. The molecule has 210 valence electrons. The van der Waals surface area contributed by atoms with E-state index in [9.17, 15) is 32.9 Å². The van der Waals surface area contributed by atoms with Crippen LogP contribution >= 0.6 is 0 Å². The zero-order valence-corrected chi connectivity index (χ0v) is 21.3. The summed E-state index contributed by atoms with van der Waals surface area (Å²) >= 11 is 0. The standard InChI is InChI=1S/C29H24F3N5O4/c30-29(31,32)21-11-13-22(14-12-21)33-27(38)35-25(19-7-3-1-4-8-19)26(20-9-5-2-6-10-20)36-28(39)34-23-15-17-24(18-16-23)37(40)41/h1-18,25-26H,(H2,33,35,38)(H2,34,36,39)/t25-,26-/m1/s1. The number of benzene rings is 4. The molecule has 0 aliphatic heterocycles. The average Bonchev–Trinajstić information content (AvgIpc) is 2.96. The summed E-state index contributed by atoms with van der Waals surface area (Å²) < 4.78 is 38.8. The fraction of sp³-hybridized carbons (Fsp3) is 0.103. The summed E-state index contributed by atoms with van der Waals surface area (Å²) in [5.74, 6) is 0. The van der Waals surface area contributed by atoms with E-state index in [-0.39, 0.29) is 11.4 Å². The number of hydrogen-bond acceptors (Lipinski definition) is 4. The van der Waals surface area contributed by atoms with E-state index in [2.05, 4.69) is 21.3 Å². The van der Waals surface area contributed by atoms with E-state index in [1.54, 1.807) is 60.7 Å². The highest BCUT2D eigenvalue weighted by atomic mass is 19.4. The average molecular weight is 564 g/mol. The molecule has 4 rings (SSSR count). The van der Waals surface area contributed by atoms with E-state index >= 15 is 0 Å². The Morgan fingerprint density at radius 2 is 1.02 bits per heavy atom. The van der Waals surface area contributed by atoms with Gasteiger partial charge in [-0.3, -0.25) is 10.1 Å². The lowest BCUT2D eigenvalue weighted by atomic mass is 9.93. The van der Waals surface area contributed by atoms with Crippen molar-refractivity contribution < 1.29 is 27.7 Å². The summed E-state index contributed by atoms with van der Waals surface area (Å²) in [6, 6.07) is 24.0. The van der Waals surface area contributed by atoms with Crippen molar-refractivity contribution >= 4 is 29.1 Å². The molecule has 2 atom stereocenters. The van der Waals surface area contributed by atoms with E-state index in [0.29, 0.717) is 16.8 Å². The highest BCUT2D eigenvalue weighted by molar-refractivity contribution is 5.91. The van der Waals surface area contributed by atoms with Crippen LogP contribution < -0.4 is 21.3 Å². The molecular weight excluding hydrogens is 539 g/mol.